The third-order valence-electron chi connectivity index (χ3n) is 2.53. The van der Waals surface area contributed by atoms with Crippen LogP contribution in [-0.4, -0.2) is 50.9 Å². The van der Waals surface area contributed by atoms with E-state index in [-0.39, 0.29) is 12.4 Å². The Labute approximate surface area is 101 Å². The maximum atomic E-state index is 11.9. The largest absolute Gasteiger partial charge is 0.386 e. The molecule has 0 aromatic carbocycles. The molecule has 7 nitrogen and oxygen atoms in total. The predicted molar refractivity (Wildman–Crippen MR) is 64.9 cm³/mol. The van der Waals surface area contributed by atoms with Gasteiger partial charge in [0, 0.05) is 12.8 Å². The number of nitrogens with two attached hydrogens (primary N) is 1. The van der Waals surface area contributed by atoms with E-state index in [1.165, 1.54) is 0 Å². The number of hydrogen-bond donors (Lipinski definition) is 2. The van der Waals surface area contributed by atoms with Crippen molar-refractivity contribution in [2.45, 2.75) is 25.3 Å². The van der Waals surface area contributed by atoms with Gasteiger partial charge in [-0.3, -0.25) is 5.41 Å². The fraction of sp³-hybridized carbons (Fsp3) is 0.875. The smallest absolute Gasteiger partial charge is 0.229 e. The minimum Gasteiger partial charge on any atom is -0.386 e. The Morgan fingerprint density at radius 3 is 2.41 bits per heavy atom. The van der Waals surface area contributed by atoms with Crippen molar-refractivity contribution < 1.29 is 16.8 Å². The molecule has 1 saturated heterocycles. The Balaban J connectivity index is 2.99. The maximum Gasteiger partial charge on any atom is 0.229 e. The summed E-state index contributed by atoms with van der Waals surface area (Å²) < 4.78 is 47.0. The first kappa shape index (κ1) is 14.4. The molecule has 17 heavy (non-hydrogen) atoms. The van der Waals surface area contributed by atoms with Gasteiger partial charge in [0.15, 0.2) is 14.9 Å². The van der Waals surface area contributed by atoms with Gasteiger partial charge in [0.25, 0.3) is 0 Å². The highest BCUT2D eigenvalue weighted by Gasteiger charge is 2.35. The highest BCUT2D eigenvalue weighted by atomic mass is 32.3. The second kappa shape index (κ2) is 4.91. The van der Waals surface area contributed by atoms with Crippen molar-refractivity contribution in [3.05, 3.63) is 0 Å². The third-order valence-corrected chi connectivity index (χ3v) is 6.59. The molecule has 0 saturated carbocycles. The maximum absolute atomic E-state index is 11.9. The topological polar surface area (TPSA) is 121 Å². The lowest BCUT2D eigenvalue weighted by atomic mass is 10.0. The highest BCUT2D eigenvalue weighted by molar-refractivity contribution is 8.06. The second-order valence-electron chi connectivity index (χ2n) is 4.23. The quantitative estimate of drug-likeness (QED) is 0.512. The normalized spacial score (nSPS) is 23.5. The summed E-state index contributed by atoms with van der Waals surface area (Å²) in [5.74, 6) is -0.234. The van der Waals surface area contributed by atoms with Crippen LogP contribution in [0.15, 0.2) is 0 Å². The monoisotopic (exact) mass is 283 g/mol. The number of rotatable bonds is 4. The Kier molecular flexibility index (Phi) is 4.15. The lowest BCUT2D eigenvalue weighted by Crippen LogP contribution is -2.51. The molecule has 0 bridgehead atoms. The van der Waals surface area contributed by atoms with E-state index >= 15 is 0 Å². The van der Waals surface area contributed by atoms with Crippen LogP contribution in [0.3, 0.4) is 0 Å². The fourth-order valence-electron chi connectivity index (χ4n) is 1.89. The van der Waals surface area contributed by atoms with Crippen LogP contribution in [-0.2, 0) is 19.9 Å². The van der Waals surface area contributed by atoms with Crippen molar-refractivity contribution in [3.63, 3.8) is 0 Å². The summed E-state index contributed by atoms with van der Waals surface area (Å²) in [6.45, 7) is 0.224. The van der Waals surface area contributed by atoms with E-state index in [2.05, 4.69) is 0 Å². The van der Waals surface area contributed by atoms with Crippen LogP contribution in [0.2, 0.25) is 0 Å². The molecule has 100 valence electrons. The molecule has 0 amide bonds. The Morgan fingerprint density at radius 2 is 1.94 bits per heavy atom. The van der Waals surface area contributed by atoms with Crippen LogP contribution in [0.4, 0.5) is 0 Å². The Morgan fingerprint density at radius 1 is 1.35 bits per heavy atom. The number of piperidine rings is 1. The average Bonchev–Trinajstić information content (AvgIpc) is 2.14. The summed E-state index contributed by atoms with van der Waals surface area (Å²) in [6, 6.07) is -0.699. The van der Waals surface area contributed by atoms with Crippen LogP contribution < -0.4 is 5.73 Å². The van der Waals surface area contributed by atoms with Gasteiger partial charge in [-0.2, -0.15) is 4.31 Å². The lowest BCUT2D eigenvalue weighted by molar-refractivity contribution is 0.305. The van der Waals surface area contributed by atoms with Crippen molar-refractivity contribution >= 4 is 25.7 Å². The van der Waals surface area contributed by atoms with Crippen molar-refractivity contribution in [2.24, 2.45) is 5.73 Å². The predicted octanol–water partition coefficient (Wildman–Crippen LogP) is -0.891. The van der Waals surface area contributed by atoms with Gasteiger partial charge in [0.2, 0.25) is 10.0 Å². The lowest BCUT2D eigenvalue weighted by Gasteiger charge is -2.33. The van der Waals surface area contributed by atoms with Crippen LogP contribution in [0.1, 0.15) is 19.3 Å². The van der Waals surface area contributed by atoms with E-state index in [1.807, 2.05) is 0 Å². The summed E-state index contributed by atoms with van der Waals surface area (Å²) in [6.07, 6.45) is 2.79. The van der Waals surface area contributed by atoms with Gasteiger partial charge in [-0.25, -0.2) is 16.8 Å². The molecule has 1 rings (SSSR count). The Bertz CT molecular complexity index is 497. The van der Waals surface area contributed by atoms with Gasteiger partial charge in [0.05, 0.1) is 6.04 Å². The molecule has 1 aliphatic heterocycles. The van der Waals surface area contributed by atoms with Crippen molar-refractivity contribution in [2.75, 3.05) is 17.9 Å². The number of hydrogen-bond acceptors (Lipinski definition) is 5. The molecule has 0 aliphatic carbocycles. The molecule has 1 unspecified atom stereocenters. The molecule has 3 N–H and O–H groups in total. The van der Waals surface area contributed by atoms with Gasteiger partial charge < -0.3 is 5.73 Å². The SMILES string of the molecule is CS(=O)(=O)CS(=O)(=O)N1CCCCC1C(=N)N. The minimum atomic E-state index is -3.91. The van der Waals surface area contributed by atoms with Crippen LogP contribution in [0.25, 0.3) is 0 Å². The summed E-state index contributed by atoms with van der Waals surface area (Å²) >= 11 is 0. The molecule has 0 aromatic rings. The van der Waals surface area contributed by atoms with Gasteiger partial charge in [-0.15, -0.1) is 0 Å². The van der Waals surface area contributed by atoms with Crippen LogP contribution in [0.5, 0.6) is 0 Å². The minimum absolute atomic E-state index is 0.224. The van der Waals surface area contributed by atoms with E-state index < -0.39 is 31.0 Å². The average molecular weight is 283 g/mol. The molecular weight excluding hydrogens is 266 g/mol. The summed E-state index contributed by atoms with van der Waals surface area (Å²) in [4.78, 5) is 0. The van der Waals surface area contributed by atoms with Gasteiger partial charge >= 0.3 is 0 Å². The Hall–Kier alpha value is -0.670. The number of sulfone groups is 1. The van der Waals surface area contributed by atoms with Crippen molar-refractivity contribution in [1.82, 2.24) is 4.31 Å². The summed E-state index contributed by atoms with van der Waals surface area (Å²) in [5, 5.41) is 6.43. The first-order valence-corrected chi connectivity index (χ1v) is 8.81. The highest BCUT2D eigenvalue weighted by Crippen LogP contribution is 2.21. The molecule has 1 atom stereocenters. The van der Waals surface area contributed by atoms with Gasteiger partial charge in [-0.05, 0) is 12.8 Å². The van der Waals surface area contributed by atoms with Gasteiger partial charge in [-0.1, -0.05) is 6.42 Å². The first-order chi connectivity index (χ1) is 7.63. The van der Waals surface area contributed by atoms with E-state index in [9.17, 15) is 16.8 Å². The summed E-state index contributed by atoms with van der Waals surface area (Å²) in [7, 11) is -7.53. The van der Waals surface area contributed by atoms with Crippen LogP contribution >= 0.6 is 0 Å². The molecule has 1 aliphatic rings. The van der Waals surface area contributed by atoms with Crippen LogP contribution in [0, 0.1) is 5.41 Å². The summed E-state index contributed by atoms with van der Waals surface area (Å²) in [5.41, 5.74) is 5.35. The molecule has 1 fully saturated rings. The first-order valence-electron chi connectivity index (χ1n) is 5.14. The zero-order valence-corrected chi connectivity index (χ0v) is 11.2. The van der Waals surface area contributed by atoms with Crippen molar-refractivity contribution in [1.29, 1.82) is 5.41 Å². The van der Waals surface area contributed by atoms with E-state index in [4.69, 9.17) is 11.1 Å². The molecular formula is C8H17N3O4S2. The van der Waals surface area contributed by atoms with E-state index in [0.717, 1.165) is 17.0 Å². The van der Waals surface area contributed by atoms with Gasteiger partial charge in [0.1, 0.15) is 5.84 Å². The van der Waals surface area contributed by atoms with E-state index in [0.29, 0.717) is 12.8 Å². The number of sulfonamides is 1. The number of nitrogens with zero attached hydrogens (tertiary/aromatic N) is 1. The third kappa shape index (κ3) is 3.93. The van der Waals surface area contributed by atoms with Crippen molar-refractivity contribution in [3.8, 4) is 0 Å². The molecule has 0 aromatic heterocycles. The second-order valence-corrected chi connectivity index (χ2v) is 8.66. The number of nitrogens with one attached hydrogen (secondary N) is 1. The standard InChI is InChI=1S/C8H17N3O4S2/c1-16(12,13)6-17(14,15)11-5-3-2-4-7(11)8(9)10/h7H,2-6H2,1H3,(H3,9,10). The number of amidine groups is 1. The fourth-order valence-corrected chi connectivity index (χ4v) is 5.61. The molecule has 0 spiro atoms. The van der Waals surface area contributed by atoms with E-state index in [1.54, 1.807) is 0 Å². The molecule has 1 heterocycles. The zero-order valence-electron chi connectivity index (χ0n) is 9.59. The molecule has 0 radical (unpaired) electrons. The zero-order chi connectivity index (χ0) is 13.3. The molecule has 9 heteroatoms.